The molecule has 0 aromatic heterocycles. The zero-order chi connectivity index (χ0) is 14.5. The number of hydrogen-bond acceptors (Lipinski definition) is 3. The van der Waals surface area contributed by atoms with Gasteiger partial charge < -0.3 is 14.7 Å². The Labute approximate surface area is 120 Å². The molecule has 0 saturated heterocycles. The van der Waals surface area contributed by atoms with Gasteiger partial charge in [-0.25, -0.2) is 0 Å². The lowest BCUT2D eigenvalue weighted by molar-refractivity contribution is -0.133. The van der Waals surface area contributed by atoms with E-state index < -0.39 is 6.10 Å². The van der Waals surface area contributed by atoms with Crippen molar-refractivity contribution < 1.29 is 14.6 Å². The van der Waals surface area contributed by atoms with Gasteiger partial charge in [-0.1, -0.05) is 12.1 Å². The largest absolute Gasteiger partial charge is 0.497 e. The van der Waals surface area contributed by atoms with Crippen LogP contribution in [0.25, 0.3) is 0 Å². The van der Waals surface area contributed by atoms with E-state index in [9.17, 15) is 9.90 Å². The first-order chi connectivity index (χ1) is 9.60. The molecule has 4 nitrogen and oxygen atoms in total. The Bertz CT molecular complexity index is 438. The van der Waals surface area contributed by atoms with Gasteiger partial charge in [-0.05, 0) is 43.9 Å². The monoisotopic (exact) mass is 277 g/mol. The molecule has 0 bridgehead atoms. The number of methoxy groups -OCH3 is 1. The molecule has 1 amide bonds. The molecule has 1 atom stereocenters. The van der Waals surface area contributed by atoms with Gasteiger partial charge >= 0.3 is 0 Å². The minimum absolute atomic E-state index is 0.143. The predicted molar refractivity (Wildman–Crippen MR) is 77.5 cm³/mol. The van der Waals surface area contributed by atoms with Crippen molar-refractivity contribution in [2.45, 2.75) is 51.3 Å². The summed E-state index contributed by atoms with van der Waals surface area (Å²) in [4.78, 5) is 14.2. The van der Waals surface area contributed by atoms with Gasteiger partial charge in [0.15, 0.2) is 0 Å². The van der Waals surface area contributed by atoms with Gasteiger partial charge in [0.05, 0.1) is 13.2 Å². The van der Waals surface area contributed by atoms with Crippen LogP contribution in [0.4, 0.5) is 0 Å². The molecule has 0 aliphatic heterocycles. The van der Waals surface area contributed by atoms with Gasteiger partial charge in [0.25, 0.3) is 0 Å². The maximum Gasteiger partial charge on any atom is 0.223 e. The standard InChI is InChI=1S/C16H23NO3/c1-12(18)3-10-16(19)17(14-6-7-14)11-13-4-8-15(20-2)9-5-13/h4-5,8-9,12,14,18H,3,6-7,10-11H2,1-2H3. The van der Waals surface area contributed by atoms with Crippen molar-refractivity contribution in [2.24, 2.45) is 0 Å². The lowest BCUT2D eigenvalue weighted by Crippen LogP contribution is -2.32. The molecule has 1 aromatic carbocycles. The van der Waals surface area contributed by atoms with Gasteiger partial charge in [-0.3, -0.25) is 4.79 Å². The normalized spacial score (nSPS) is 15.8. The summed E-state index contributed by atoms with van der Waals surface area (Å²) in [5.41, 5.74) is 1.11. The fraction of sp³-hybridized carbons (Fsp3) is 0.562. The molecule has 110 valence electrons. The third-order valence-electron chi connectivity index (χ3n) is 3.60. The summed E-state index contributed by atoms with van der Waals surface area (Å²) >= 11 is 0. The molecule has 1 N–H and O–H groups in total. The summed E-state index contributed by atoms with van der Waals surface area (Å²) in [5.74, 6) is 0.969. The average Bonchev–Trinajstić information content (AvgIpc) is 3.27. The molecular formula is C16H23NO3. The number of rotatable bonds is 7. The fourth-order valence-corrected chi connectivity index (χ4v) is 2.21. The van der Waals surface area contributed by atoms with Gasteiger partial charge in [-0.15, -0.1) is 0 Å². The number of carbonyl (C=O) groups excluding carboxylic acids is 1. The molecule has 1 unspecified atom stereocenters. The zero-order valence-electron chi connectivity index (χ0n) is 12.2. The van der Waals surface area contributed by atoms with Crippen molar-refractivity contribution >= 4 is 5.91 Å². The van der Waals surface area contributed by atoms with Crippen LogP contribution in [0.1, 0.15) is 38.2 Å². The highest BCUT2D eigenvalue weighted by molar-refractivity contribution is 5.76. The predicted octanol–water partition coefficient (Wildman–Crippen LogP) is 2.35. The third kappa shape index (κ3) is 4.23. The summed E-state index contributed by atoms with van der Waals surface area (Å²) in [6, 6.07) is 8.21. The highest BCUT2D eigenvalue weighted by atomic mass is 16.5. The van der Waals surface area contributed by atoms with Crippen molar-refractivity contribution in [2.75, 3.05) is 7.11 Å². The van der Waals surface area contributed by atoms with E-state index in [1.165, 1.54) is 0 Å². The molecular weight excluding hydrogens is 254 g/mol. The van der Waals surface area contributed by atoms with Gasteiger partial charge in [0, 0.05) is 19.0 Å². The fourth-order valence-electron chi connectivity index (χ4n) is 2.21. The van der Waals surface area contributed by atoms with E-state index in [1.54, 1.807) is 14.0 Å². The van der Waals surface area contributed by atoms with Crippen LogP contribution in [0.5, 0.6) is 5.75 Å². The Morgan fingerprint density at radius 1 is 1.40 bits per heavy atom. The van der Waals surface area contributed by atoms with Crippen LogP contribution >= 0.6 is 0 Å². The number of hydrogen-bond donors (Lipinski definition) is 1. The first-order valence-corrected chi connectivity index (χ1v) is 7.20. The van der Waals surface area contributed by atoms with E-state index in [0.29, 0.717) is 25.4 Å². The number of amides is 1. The summed E-state index contributed by atoms with van der Waals surface area (Å²) in [7, 11) is 1.64. The molecule has 1 saturated carbocycles. The lowest BCUT2D eigenvalue weighted by atomic mass is 10.1. The second kappa shape index (κ2) is 6.75. The molecule has 1 fully saturated rings. The van der Waals surface area contributed by atoms with Crippen LogP contribution in [0, 0.1) is 0 Å². The van der Waals surface area contributed by atoms with Crippen LogP contribution in [0.15, 0.2) is 24.3 Å². The van der Waals surface area contributed by atoms with Crippen LogP contribution in [0.2, 0.25) is 0 Å². The number of carbonyl (C=O) groups is 1. The Hall–Kier alpha value is -1.55. The first kappa shape index (κ1) is 14.9. The van der Waals surface area contributed by atoms with Crippen molar-refractivity contribution in [1.82, 2.24) is 4.90 Å². The summed E-state index contributed by atoms with van der Waals surface area (Å²) < 4.78 is 5.14. The highest BCUT2D eigenvalue weighted by Crippen LogP contribution is 2.29. The molecule has 20 heavy (non-hydrogen) atoms. The van der Waals surface area contributed by atoms with Crippen molar-refractivity contribution in [3.05, 3.63) is 29.8 Å². The van der Waals surface area contributed by atoms with Gasteiger partial charge in [-0.2, -0.15) is 0 Å². The number of aliphatic hydroxyl groups is 1. The zero-order valence-corrected chi connectivity index (χ0v) is 12.2. The Morgan fingerprint density at radius 2 is 2.05 bits per heavy atom. The van der Waals surface area contributed by atoms with E-state index in [0.717, 1.165) is 24.2 Å². The van der Waals surface area contributed by atoms with Gasteiger partial charge in [0.1, 0.15) is 5.75 Å². The topological polar surface area (TPSA) is 49.8 Å². The maximum absolute atomic E-state index is 12.2. The van der Waals surface area contributed by atoms with Crippen molar-refractivity contribution in [3.63, 3.8) is 0 Å². The lowest BCUT2D eigenvalue weighted by Gasteiger charge is -2.23. The van der Waals surface area contributed by atoms with Crippen molar-refractivity contribution in [3.8, 4) is 5.75 Å². The van der Waals surface area contributed by atoms with Gasteiger partial charge in [0.2, 0.25) is 5.91 Å². The van der Waals surface area contributed by atoms with E-state index in [1.807, 2.05) is 29.2 Å². The number of aliphatic hydroxyl groups excluding tert-OH is 1. The summed E-state index contributed by atoms with van der Waals surface area (Å²) in [5, 5.41) is 9.30. The highest BCUT2D eigenvalue weighted by Gasteiger charge is 2.32. The first-order valence-electron chi connectivity index (χ1n) is 7.20. The second-order valence-corrected chi connectivity index (χ2v) is 5.49. The molecule has 2 rings (SSSR count). The van der Waals surface area contributed by atoms with E-state index in [4.69, 9.17) is 4.74 Å². The second-order valence-electron chi connectivity index (χ2n) is 5.49. The summed E-state index contributed by atoms with van der Waals surface area (Å²) in [6.45, 7) is 2.37. The molecule has 0 heterocycles. The van der Waals surface area contributed by atoms with Crippen LogP contribution in [0.3, 0.4) is 0 Å². The average molecular weight is 277 g/mol. The maximum atomic E-state index is 12.2. The van der Waals surface area contributed by atoms with E-state index >= 15 is 0 Å². The van der Waals surface area contributed by atoms with Crippen LogP contribution in [-0.2, 0) is 11.3 Å². The van der Waals surface area contributed by atoms with E-state index in [-0.39, 0.29) is 5.91 Å². The Morgan fingerprint density at radius 3 is 2.55 bits per heavy atom. The smallest absolute Gasteiger partial charge is 0.223 e. The molecule has 1 aliphatic carbocycles. The third-order valence-corrected chi connectivity index (χ3v) is 3.60. The summed E-state index contributed by atoms with van der Waals surface area (Å²) in [6.07, 6.45) is 2.73. The number of ether oxygens (including phenoxy) is 1. The number of nitrogens with zero attached hydrogens (tertiary/aromatic N) is 1. The molecule has 0 radical (unpaired) electrons. The molecule has 4 heteroatoms. The Balaban J connectivity index is 1.96. The quantitative estimate of drug-likeness (QED) is 0.832. The minimum atomic E-state index is -0.416. The van der Waals surface area contributed by atoms with Crippen molar-refractivity contribution in [1.29, 1.82) is 0 Å². The van der Waals surface area contributed by atoms with E-state index in [2.05, 4.69) is 0 Å². The molecule has 1 aliphatic rings. The molecule has 1 aromatic rings. The van der Waals surface area contributed by atoms with Crippen LogP contribution < -0.4 is 4.74 Å². The SMILES string of the molecule is COc1ccc(CN(C(=O)CCC(C)O)C2CC2)cc1. The molecule has 0 spiro atoms. The Kier molecular flexibility index (Phi) is 5.01. The number of benzene rings is 1. The minimum Gasteiger partial charge on any atom is -0.497 e. The van der Waals surface area contributed by atoms with Crippen LogP contribution in [-0.4, -0.2) is 35.2 Å².